The molecule has 3 rings (SSSR count). The van der Waals surface area contributed by atoms with Gasteiger partial charge in [-0.25, -0.2) is 0 Å². The van der Waals surface area contributed by atoms with Crippen molar-refractivity contribution in [3.05, 3.63) is 0 Å². The summed E-state index contributed by atoms with van der Waals surface area (Å²) in [4.78, 5) is 0. The molecule has 1 saturated heterocycles. The van der Waals surface area contributed by atoms with Crippen LogP contribution in [0.2, 0.25) is 5.82 Å². The summed E-state index contributed by atoms with van der Waals surface area (Å²) in [7, 11) is -1.40. The Bertz CT molecular complexity index is 646. The van der Waals surface area contributed by atoms with Crippen molar-refractivity contribution in [2.75, 3.05) is 0 Å². The quantitative estimate of drug-likeness (QED) is 0.397. The number of fused-ring (bicyclic) bond motifs is 2. The zero-order valence-electron chi connectivity index (χ0n) is 16.2. The smallest absolute Gasteiger partial charge is 0.403 e. The third-order valence-corrected chi connectivity index (χ3v) is 7.15. The Hall–Kier alpha value is -0.645. The number of alkyl halides is 9. The average Bonchev–Trinajstić information content (AvgIpc) is 3.17. The summed E-state index contributed by atoms with van der Waals surface area (Å²) in [5.74, 6) is -24.6. The van der Waals surface area contributed by atoms with Gasteiger partial charge in [-0.1, -0.05) is 6.42 Å². The number of hydrogen-bond donors (Lipinski definition) is 0. The monoisotopic (exact) mass is 440 g/mol. The van der Waals surface area contributed by atoms with Crippen molar-refractivity contribution < 1.29 is 48.8 Å². The van der Waals surface area contributed by atoms with E-state index in [1.807, 2.05) is 0 Å². The zero-order chi connectivity index (χ0) is 22.4. The Balaban J connectivity index is 2.00. The standard InChI is InChI=1S/C17H22BF9O2/c1-12(2)13(3,4)29-18(28-12)11-9-6-5-8(7-9)10(11)14(19,20)15(21,22)16(23,24)17(25,26)27/h8-11H,5-7H2,1-4H3/t8-,9+,10?,11+/m1/s1. The second kappa shape index (κ2) is 6.20. The highest BCUT2D eigenvalue weighted by atomic mass is 19.4. The number of halogens is 9. The normalized spacial score (nSPS) is 34.9. The summed E-state index contributed by atoms with van der Waals surface area (Å²) in [6.45, 7) is 6.39. The fourth-order valence-corrected chi connectivity index (χ4v) is 4.91. The molecule has 0 amide bonds. The summed E-state index contributed by atoms with van der Waals surface area (Å²) in [5, 5.41) is 0. The molecule has 1 unspecified atom stereocenters. The van der Waals surface area contributed by atoms with Crippen LogP contribution in [0.3, 0.4) is 0 Å². The molecule has 0 radical (unpaired) electrons. The third-order valence-electron chi connectivity index (χ3n) is 7.15. The molecule has 1 aliphatic heterocycles. The van der Waals surface area contributed by atoms with Crippen LogP contribution < -0.4 is 0 Å². The first-order valence-corrected chi connectivity index (χ1v) is 9.34. The molecule has 0 aromatic heterocycles. The molecule has 2 aliphatic carbocycles. The topological polar surface area (TPSA) is 18.5 Å². The molecule has 1 heterocycles. The van der Waals surface area contributed by atoms with Crippen LogP contribution in [0, 0.1) is 17.8 Å². The van der Waals surface area contributed by atoms with Gasteiger partial charge in [-0.15, -0.1) is 0 Å². The van der Waals surface area contributed by atoms with E-state index in [4.69, 9.17) is 9.31 Å². The van der Waals surface area contributed by atoms with Gasteiger partial charge in [0.15, 0.2) is 0 Å². The second-order valence-electron chi connectivity index (χ2n) is 9.33. The summed E-state index contributed by atoms with van der Waals surface area (Å²) < 4.78 is 134. The lowest BCUT2D eigenvalue weighted by atomic mass is 9.56. The third kappa shape index (κ3) is 3.02. The van der Waals surface area contributed by atoms with Crippen molar-refractivity contribution >= 4 is 7.12 Å². The number of hydrogen-bond acceptors (Lipinski definition) is 2. The van der Waals surface area contributed by atoms with Crippen molar-refractivity contribution in [3.8, 4) is 0 Å². The van der Waals surface area contributed by atoms with E-state index in [9.17, 15) is 39.5 Å². The van der Waals surface area contributed by atoms with Gasteiger partial charge in [0.05, 0.1) is 11.2 Å². The largest absolute Gasteiger partial charge is 0.461 e. The lowest BCUT2D eigenvalue weighted by molar-refractivity contribution is -0.404. The highest BCUT2D eigenvalue weighted by Gasteiger charge is 2.85. The first-order valence-electron chi connectivity index (χ1n) is 9.34. The van der Waals surface area contributed by atoms with E-state index < -0.39 is 65.8 Å². The molecular formula is C17H22BF9O2. The molecule has 2 nitrogen and oxygen atoms in total. The van der Waals surface area contributed by atoms with Crippen molar-refractivity contribution in [2.45, 2.75) is 87.9 Å². The van der Waals surface area contributed by atoms with Crippen LogP contribution in [0.4, 0.5) is 39.5 Å². The van der Waals surface area contributed by atoms with Crippen LogP contribution in [0.1, 0.15) is 47.0 Å². The Labute approximate surface area is 162 Å². The van der Waals surface area contributed by atoms with E-state index >= 15 is 0 Å². The van der Waals surface area contributed by atoms with Crippen molar-refractivity contribution in [3.63, 3.8) is 0 Å². The van der Waals surface area contributed by atoms with E-state index in [2.05, 4.69) is 0 Å². The summed E-state index contributed by atoms with van der Waals surface area (Å²) >= 11 is 0. The first kappa shape index (κ1) is 23.0. The van der Waals surface area contributed by atoms with Gasteiger partial charge in [0.1, 0.15) is 0 Å². The maximum atomic E-state index is 14.8. The molecule has 0 spiro atoms. The first-order chi connectivity index (χ1) is 12.8. The minimum absolute atomic E-state index is 0.0304. The minimum atomic E-state index is -6.88. The summed E-state index contributed by atoms with van der Waals surface area (Å²) in [5.41, 5.74) is -2.00. The molecule has 3 aliphatic rings. The van der Waals surface area contributed by atoms with Gasteiger partial charge in [0, 0.05) is 11.7 Å². The fourth-order valence-electron chi connectivity index (χ4n) is 4.91. The van der Waals surface area contributed by atoms with Crippen LogP contribution >= 0.6 is 0 Å². The molecule has 3 fully saturated rings. The lowest BCUT2D eigenvalue weighted by Crippen LogP contribution is -2.64. The number of rotatable bonds is 4. The van der Waals surface area contributed by atoms with Gasteiger partial charge in [0.2, 0.25) is 0 Å². The molecule has 2 bridgehead atoms. The second-order valence-corrected chi connectivity index (χ2v) is 9.33. The molecule has 4 atom stereocenters. The molecule has 2 saturated carbocycles. The van der Waals surface area contributed by atoms with Gasteiger partial charge in [-0.05, 0) is 52.4 Å². The predicted molar refractivity (Wildman–Crippen MR) is 85.0 cm³/mol. The van der Waals surface area contributed by atoms with Gasteiger partial charge in [-0.2, -0.15) is 39.5 Å². The Morgan fingerprint density at radius 1 is 0.724 bits per heavy atom. The zero-order valence-corrected chi connectivity index (χ0v) is 16.2. The molecule has 0 aromatic carbocycles. The SMILES string of the molecule is CC1(C)OB([C@@H]2C(C(F)(F)C(F)(F)C(F)(F)C(F)(F)F)[C@@H]3CC[C@H]2C3)OC1(C)C. The minimum Gasteiger partial charge on any atom is -0.403 e. The van der Waals surface area contributed by atoms with Gasteiger partial charge >= 0.3 is 31.1 Å². The van der Waals surface area contributed by atoms with Crippen LogP contribution in [0.15, 0.2) is 0 Å². The van der Waals surface area contributed by atoms with Crippen LogP contribution in [0.5, 0.6) is 0 Å². The van der Waals surface area contributed by atoms with Crippen LogP contribution in [-0.2, 0) is 9.31 Å². The van der Waals surface area contributed by atoms with Gasteiger partial charge < -0.3 is 9.31 Å². The Morgan fingerprint density at radius 2 is 1.17 bits per heavy atom. The highest BCUT2D eigenvalue weighted by Crippen LogP contribution is 2.67. The van der Waals surface area contributed by atoms with Crippen molar-refractivity contribution in [2.24, 2.45) is 17.8 Å². The predicted octanol–water partition coefficient (Wildman–Crippen LogP) is 5.96. The maximum Gasteiger partial charge on any atom is 0.461 e. The molecule has 12 heteroatoms. The Kier molecular flexibility index (Phi) is 4.92. The lowest BCUT2D eigenvalue weighted by Gasteiger charge is -2.42. The van der Waals surface area contributed by atoms with Crippen molar-refractivity contribution in [1.82, 2.24) is 0 Å². The Morgan fingerprint density at radius 3 is 1.62 bits per heavy atom. The van der Waals surface area contributed by atoms with E-state index in [0.29, 0.717) is 6.42 Å². The van der Waals surface area contributed by atoms with E-state index in [0.717, 1.165) is 0 Å². The van der Waals surface area contributed by atoms with Crippen molar-refractivity contribution in [1.29, 1.82) is 0 Å². The molecule has 0 N–H and O–H groups in total. The van der Waals surface area contributed by atoms with E-state index in [1.165, 1.54) is 0 Å². The van der Waals surface area contributed by atoms with Crippen LogP contribution in [-0.4, -0.2) is 42.3 Å². The maximum absolute atomic E-state index is 14.8. The van der Waals surface area contributed by atoms with E-state index in [1.54, 1.807) is 27.7 Å². The van der Waals surface area contributed by atoms with E-state index in [-0.39, 0.29) is 12.8 Å². The molecule has 29 heavy (non-hydrogen) atoms. The van der Waals surface area contributed by atoms with Gasteiger partial charge in [0.25, 0.3) is 0 Å². The fraction of sp³-hybridized carbons (Fsp3) is 1.00. The van der Waals surface area contributed by atoms with Crippen LogP contribution in [0.25, 0.3) is 0 Å². The summed E-state index contributed by atoms with van der Waals surface area (Å²) in [6.07, 6.45) is -6.37. The average molecular weight is 440 g/mol. The molecule has 168 valence electrons. The molecule has 0 aromatic rings. The van der Waals surface area contributed by atoms with Gasteiger partial charge in [-0.3, -0.25) is 0 Å². The summed E-state index contributed by atoms with van der Waals surface area (Å²) in [6, 6.07) is 0. The molecular weight excluding hydrogens is 418 g/mol. The highest BCUT2D eigenvalue weighted by molar-refractivity contribution is 6.47.